The van der Waals surface area contributed by atoms with Crippen molar-refractivity contribution in [3.63, 3.8) is 0 Å². The van der Waals surface area contributed by atoms with Crippen molar-refractivity contribution in [1.82, 2.24) is 5.32 Å². The Hall–Kier alpha value is -6.36. The predicted octanol–water partition coefficient (Wildman–Crippen LogP) is 12.9. The lowest BCUT2D eigenvalue weighted by atomic mass is 9.99. The molecule has 0 aliphatic heterocycles. The van der Waals surface area contributed by atoms with E-state index in [2.05, 4.69) is 129 Å². The zero-order valence-corrected chi connectivity index (χ0v) is 30.5. The van der Waals surface area contributed by atoms with Crippen LogP contribution in [0.5, 0.6) is 0 Å². The SMILES string of the molecule is C=C/C(C)=C\C(=C/C)c1ccc2c(c1)oc1cc3oc4cc(/C(C=C)=C/C(=C\C)CNC(/C=C(\N)c5ccccc5)c5ccccc5)ccc4c3cc12. The van der Waals surface area contributed by atoms with Crippen molar-refractivity contribution in [2.45, 2.75) is 26.8 Å². The third kappa shape index (κ3) is 7.36. The summed E-state index contributed by atoms with van der Waals surface area (Å²) in [5, 5.41) is 7.98. The van der Waals surface area contributed by atoms with Gasteiger partial charge in [-0.25, -0.2) is 0 Å². The van der Waals surface area contributed by atoms with Crippen molar-refractivity contribution < 1.29 is 8.83 Å². The van der Waals surface area contributed by atoms with Crippen molar-refractivity contribution in [3.8, 4) is 0 Å². The highest BCUT2D eigenvalue weighted by molar-refractivity contribution is 6.15. The van der Waals surface area contributed by atoms with E-state index in [0.29, 0.717) is 6.54 Å². The first-order valence-electron chi connectivity index (χ1n) is 18.0. The van der Waals surface area contributed by atoms with Crippen molar-refractivity contribution in [1.29, 1.82) is 0 Å². The third-order valence-corrected chi connectivity index (χ3v) is 9.82. The van der Waals surface area contributed by atoms with E-state index in [1.165, 1.54) is 0 Å². The second-order valence-electron chi connectivity index (χ2n) is 13.2. The van der Waals surface area contributed by atoms with Crippen LogP contribution in [0, 0.1) is 0 Å². The molecular formula is C49H44N2O2. The second kappa shape index (κ2) is 15.5. The summed E-state index contributed by atoms with van der Waals surface area (Å²) in [6.07, 6.45) is 14.4. The number of nitrogens with one attached hydrogen (secondary N) is 1. The average Bonchev–Trinajstić information content (AvgIpc) is 3.75. The van der Waals surface area contributed by atoms with Crippen LogP contribution in [-0.4, -0.2) is 6.54 Å². The first-order chi connectivity index (χ1) is 25.9. The number of furan rings is 2. The predicted molar refractivity (Wildman–Crippen MR) is 226 cm³/mol. The Kier molecular flexibility index (Phi) is 10.2. The van der Waals surface area contributed by atoms with Gasteiger partial charge in [0, 0.05) is 39.9 Å². The van der Waals surface area contributed by atoms with Gasteiger partial charge < -0.3 is 19.9 Å². The Morgan fingerprint density at radius 3 is 1.79 bits per heavy atom. The van der Waals surface area contributed by atoms with E-state index in [4.69, 9.17) is 14.6 Å². The summed E-state index contributed by atoms with van der Waals surface area (Å²) in [6.45, 7) is 14.8. The second-order valence-corrected chi connectivity index (χ2v) is 13.2. The zero-order chi connectivity index (χ0) is 36.9. The Morgan fingerprint density at radius 1 is 0.642 bits per heavy atom. The van der Waals surface area contributed by atoms with Crippen molar-refractivity contribution in [3.05, 3.63) is 198 Å². The lowest BCUT2D eigenvalue weighted by molar-refractivity contribution is 0.656. The largest absolute Gasteiger partial charge is 0.456 e. The number of rotatable bonds is 12. The molecule has 0 aliphatic rings. The molecule has 5 aromatic carbocycles. The minimum atomic E-state index is -0.0761. The summed E-state index contributed by atoms with van der Waals surface area (Å²) < 4.78 is 12.9. The van der Waals surface area contributed by atoms with Gasteiger partial charge in [0.1, 0.15) is 22.3 Å². The molecule has 2 aromatic heterocycles. The molecule has 7 aromatic rings. The van der Waals surface area contributed by atoms with Gasteiger partial charge in [0.2, 0.25) is 0 Å². The van der Waals surface area contributed by atoms with E-state index in [1.54, 1.807) is 0 Å². The molecule has 7 rings (SSSR count). The molecule has 0 spiro atoms. The first-order valence-corrected chi connectivity index (χ1v) is 18.0. The quantitative estimate of drug-likeness (QED) is 0.125. The van der Waals surface area contributed by atoms with Gasteiger partial charge in [0.15, 0.2) is 0 Å². The number of allylic oxidation sites excluding steroid dienone is 8. The van der Waals surface area contributed by atoms with Crippen molar-refractivity contribution in [2.75, 3.05) is 6.54 Å². The maximum atomic E-state index is 6.57. The molecule has 0 amide bonds. The average molecular weight is 693 g/mol. The highest BCUT2D eigenvalue weighted by atomic mass is 16.3. The zero-order valence-electron chi connectivity index (χ0n) is 30.5. The van der Waals surface area contributed by atoms with Crippen LogP contribution in [0.1, 0.15) is 49.1 Å². The Bertz CT molecular complexity index is 2630. The van der Waals surface area contributed by atoms with Crippen LogP contribution >= 0.6 is 0 Å². The number of hydrogen-bond donors (Lipinski definition) is 2. The van der Waals surface area contributed by atoms with E-state index in [1.807, 2.05) is 61.5 Å². The van der Waals surface area contributed by atoms with Crippen LogP contribution in [0.15, 0.2) is 185 Å². The van der Waals surface area contributed by atoms with Gasteiger partial charge in [0.25, 0.3) is 0 Å². The molecule has 53 heavy (non-hydrogen) atoms. The maximum absolute atomic E-state index is 6.57. The van der Waals surface area contributed by atoms with Crippen molar-refractivity contribution >= 4 is 60.7 Å². The van der Waals surface area contributed by atoms with Crippen LogP contribution < -0.4 is 11.1 Å². The van der Waals surface area contributed by atoms with Gasteiger partial charge in [-0.3, -0.25) is 0 Å². The van der Waals surface area contributed by atoms with Gasteiger partial charge >= 0.3 is 0 Å². The van der Waals surface area contributed by atoms with Crippen LogP contribution in [0.4, 0.5) is 0 Å². The van der Waals surface area contributed by atoms with Gasteiger partial charge in [-0.05, 0) is 96.2 Å². The fourth-order valence-corrected chi connectivity index (χ4v) is 6.81. The number of hydrogen-bond acceptors (Lipinski definition) is 4. The standard InChI is InChI=1S/C49H44N2O2/c1-6-32(5)24-34(8-3)38-20-22-40-42-28-43-41-23-21-39(27-47(41)53-49(43)30-48(42)52-46(40)26-38)35(9-4)25-33(7-2)31-51-45(37-18-14-11-15-19-37)29-44(50)36-16-12-10-13-17-36/h6-30,45,51H,1,4,31,50H2,2-3,5H3/b32-24-,33-7+,34-8+,35-25+,44-29-. The molecule has 262 valence electrons. The monoisotopic (exact) mass is 692 g/mol. The van der Waals surface area contributed by atoms with E-state index >= 15 is 0 Å². The van der Waals surface area contributed by atoms with Gasteiger partial charge in [-0.1, -0.05) is 128 Å². The summed E-state index contributed by atoms with van der Waals surface area (Å²) in [5.41, 5.74) is 19.2. The molecule has 4 heteroatoms. The normalized spacial score (nSPS) is 14.1. The van der Waals surface area contributed by atoms with Crippen LogP contribution in [0.3, 0.4) is 0 Å². The number of fused-ring (bicyclic) bond motifs is 6. The van der Waals surface area contributed by atoms with Crippen molar-refractivity contribution in [2.24, 2.45) is 5.73 Å². The minimum absolute atomic E-state index is 0.0761. The van der Waals surface area contributed by atoms with E-state index in [9.17, 15) is 0 Å². The molecule has 1 atom stereocenters. The fraction of sp³-hybridized carbons (Fsp3) is 0.102. The van der Waals surface area contributed by atoms with E-state index < -0.39 is 0 Å². The number of nitrogens with two attached hydrogens (primary N) is 1. The summed E-state index contributed by atoms with van der Waals surface area (Å²) in [4.78, 5) is 0. The van der Waals surface area contributed by atoms with Crippen LogP contribution in [0.2, 0.25) is 0 Å². The summed E-state index contributed by atoms with van der Waals surface area (Å²) in [5.74, 6) is 0. The Labute approximate surface area is 311 Å². The Morgan fingerprint density at radius 2 is 1.23 bits per heavy atom. The van der Waals surface area contributed by atoms with E-state index in [-0.39, 0.29) is 6.04 Å². The highest BCUT2D eigenvalue weighted by Gasteiger charge is 2.16. The molecule has 0 aliphatic carbocycles. The highest BCUT2D eigenvalue weighted by Crippen LogP contribution is 2.38. The van der Waals surface area contributed by atoms with Crippen LogP contribution in [-0.2, 0) is 0 Å². The lowest BCUT2D eigenvalue weighted by Crippen LogP contribution is -2.23. The molecular weight excluding hydrogens is 649 g/mol. The summed E-state index contributed by atoms with van der Waals surface area (Å²) >= 11 is 0. The van der Waals surface area contributed by atoms with Gasteiger partial charge in [-0.15, -0.1) is 0 Å². The maximum Gasteiger partial charge on any atom is 0.139 e. The summed E-state index contributed by atoms with van der Waals surface area (Å²) in [7, 11) is 0. The van der Waals surface area contributed by atoms with E-state index in [0.717, 1.165) is 94.1 Å². The molecule has 0 saturated carbocycles. The lowest BCUT2D eigenvalue weighted by Gasteiger charge is -2.18. The molecule has 0 bridgehead atoms. The smallest absolute Gasteiger partial charge is 0.139 e. The molecule has 0 saturated heterocycles. The third-order valence-electron chi connectivity index (χ3n) is 9.82. The fourth-order valence-electron chi connectivity index (χ4n) is 6.81. The molecule has 0 radical (unpaired) electrons. The molecule has 3 N–H and O–H groups in total. The molecule has 1 unspecified atom stereocenters. The first kappa shape index (κ1) is 35.1. The van der Waals surface area contributed by atoms with Crippen LogP contribution in [0.25, 0.3) is 60.7 Å². The molecule has 0 fully saturated rings. The summed E-state index contributed by atoms with van der Waals surface area (Å²) in [6, 6.07) is 37.4. The molecule has 2 heterocycles. The molecule has 4 nitrogen and oxygen atoms in total. The Balaban J connectivity index is 1.17. The van der Waals surface area contributed by atoms with Gasteiger partial charge in [-0.2, -0.15) is 0 Å². The number of benzene rings is 5. The van der Waals surface area contributed by atoms with Gasteiger partial charge in [0.05, 0.1) is 6.04 Å². The minimum Gasteiger partial charge on any atom is -0.456 e. The topological polar surface area (TPSA) is 64.3 Å².